The molecule has 23 heavy (non-hydrogen) atoms. The zero-order chi connectivity index (χ0) is 16.2. The molecule has 122 valence electrons. The minimum atomic E-state index is 0.110. The van der Waals surface area contributed by atoms with Gasteiger partial charge < -0.3 is 9.64 Å². The number of aryl methyl sites for hydroxylation is 1. The van der Waals surface area contributed by atoms with E-state index in [1.165, 1.54) is 0 Å². The van der Waals surface area contributed by atoms with E-state index >= 15 is 0 Å². The van der Waals surface area contributed by atoms with Gasteiger partial charge in [-0.15, -0.1) is 0 Å². The van der Waals surface area contributed by atoms with Crippen LogP contribution in [0.3, 0.4) is 0 Å². The lowest BCUT2D eigenvalue weighted by atomic mass is 10.1. The largest absolute Gasteiger partial charge is 0.383 e. The van der Waals surface area contributed by atoms with Crippen molar-refractivity contribution in [2.45, 2.75) is 6.92 Å². The Balaban J connectivity index is 1.68. The first-order valence-electron chi connectivity index (χ1n) is 8.05. The normalized spacial score (nSPS) is 16.0. The molecule has 1 fully saturated rings. The number of aromatic nitrogens is 1. The molecular formula is C18H23N3O2. The quantitative estimate of drug-likeness (QED) is 0.865. The molecule has 2 aromatic rings. The number of carbonyl (C=O) groups excluding carboxylic acids is 1. The molecule has 1 amide bonds. The third-order valence-electron chi connectivity index (χ3n) is 4.35. The Morgan fingerprint density at radius 1 is 1.17 bits per heavy atom. The topological polar surface area (TPSA) is 45.7 Å². The molecule has 0 aliphatic carbocycles. The number of carbonyl (C=O) groups is 1. The molecule has 0 bridgehead atoms. The molecule has 2 heterocycles. The Hall–Kier alpha value is -1.98. The lowest BCUT2D eigenvalue weighted by Crippen LogP contribution is -2.49. The van der Waals surface area contributed by atoms with Gasteiger partial charge >= 0.3 is 0 Å². The van der Waals surface area contributed by atoms with Crippen molar-refractivity contribution in [2.24, 2.45) is 0 Å². The van der Waals surface area contributed by atoms with Crippen LogP contribution in [0.5, 0.6) is 0 Å². The summed E-state index contributed by atoms with van der Waals surface area (Å²) in [5.41, 5.74) is 2.67. The first-order valence-corrected chi connectivity index (χ1v) is 8.05. The molecule has 0 radical (unpaired) electrons. The standard InChI is InChI=1S/C18H23N3O2/c1-14-3-4-15-13-16(5-6-17(15)19-14)18(22)21-9-7-20(8-10-21)11-12-23-2/h3-6,13H,7-12H2,1-2H3. The van der Waals surface area contributed by atoms with E-state index in [2.05, 4.69) is 9.88 Å². The Bertz CT molecular complexity index is 694. The number of rotatable bonds is 4. The molecule has 0 unspecified atom stereocenters. The average molecular weight is 313 g/mol. The van der Waals surface area contributed by atoms with Crippen molar-refractivity contribution in [1.82, 2.24) is 14.8 Å². The number of benzene rings is 1. The highest BCUT2D eigenvalue weighted by atomic mass is 16.5. The highest BCUT2D eigenvalue weighted by Gasteiger charge is 2.22. The van der Waals surface area contributed by atoms with Crippen molar-refractivity contribution in [1.29, 1.82) is 0 Å². The Labute approximate surface area is 136 Å². The van der Waals surface area contributed by atoms with Crippen molar-refractivity contribution < 1.29 is 9.53 Å². The third kappa shape index (κ3) is 3.68. The van der Waals surface area contributed by atoms with Gasteiger partial charge in [-0.3, -0.25) is 14.7 Å². The number of pyridine rings is 1. The van der Waals surface area contributed by atoms with Crippen LogP contribution >= 0.6 is 0 Å². The van der Waals surface area contributed by atoms with Gasteiger partial charge in [0.25, 0.3) is 5.91 Å². The van der Waals surface area contributed by atoms with Gasteiger partial charge in [-0.2, -0.15) is 0 Å². The van der Waals surface area contributed by atoms with Crippen molar-refractivity contribution in [2.75, 3.05) is 46.4 Å². The molecule has 1 saturated heterocycles. The summed E-state index contributed by atoms with van der Waals surface area (Å²) >= 11 is 0. The van der Waals surface area contributed by atoms with E-state index < -0.39 is 0 Å². The summed E-state index contributed by atoms with van der Waals surface area (Å²) in [7, 11) is 1.72. The van der Waals surface area contributed by atoms with Gasteiger partial charge in [0.2, 0.25) is 0 Å². The van der Waals surface area contributed by atoms with Gasteiger partial charge in [0, 0.05) is 56.5 Å². The zero-order valence-electron chi connectivity index (χ0n) is 13.8. The maximum absolute atomic E-state index is 12.7. The van der Waals surface area contributed by atoms with Crippen LogP contribution in [0.1, 0.15) is 16.1 Å². The Morgan fingerprint density at radius 2 is 1.96 bits per heavy atom. The summed E-state index contributed by atoms with van der Waals surface area (Å²) in [5.74, 6) is 0.110. The van der Waals surface area contributed by atoms with Crippen LogP contribution in [0.15, 0.2) is 30.3 Å². The molecular weight excluding hydrogens is 290 g/mol. The summed E-state index contributed by atoms with van der Waals surface area (Å²) in [6, 6.07) is 9.77. The fraction of sp³-hybridized carbons (Fsp3) is 0.444. The van der Waals surface area contributed by atoms with Gasteiger partial charge in [-0.05, 0) is 31.2 Å². The van der Waals surface area contributed by atoms with Gasteiger partial charge in [-0.1, -0.05) is 6.07 Å². The molecule has 5 nitrogen and oxygen atoms in total. The lowest BCUT2D eigenvalue weighted by Gasteiger charge is -2.34. The Morgan fingerprint density at radius 3 is 2.70 bits per heavy atom. The predicted molar refractivity (Wildman–Crippen MR) is 90.7 cm³/mol. The lowest BCUT2D eigenvalue weighted by molar-refractivity contribution is 0.0594. The van der Waals surface area contributed by atoms with E-state index in [1.54, 1.807) is 7.11 Å². The van der Waals surface area contributed by atoms with Crippen molar-refractivity contribution in [3.8, 4) is 0 Å². The van der Waals surface area contributed by atoms with Crippen LogP contribution in [0, 0.1) is 6.92 Å². The fourth-order valence-corrected chi connectivity index (χ4v) is 2.94. The summed E-state index contributed by atoms with van der Waals surface area (Å²) in [4.78, 5) is 21.4. The van der Waals surface area contributed by atoms with E-state index in [4.69, 9.17) is 4.74 Å². The SMILES string of the molecule is COCCN1CCN(C(=O)c2ccc3nc(C)ccc3c2)CC1. The molecule has 3 rings (SSSR count). The summed E-state index contributed by atoms with van der Waals surface area (Å²) < 4.78 is 5.11. The smallest absolute Gasteiger partial charge is 0.253 e. The molecule has 1 aliphatic rings. The third-order valence-corrected chi connectivity index (χ3v) is 4.35. The summed E-state index contributed by atoms with van der Waals surface area (Å²) in [5, 5.41) is 1.01. The van der Waals surface area contributed by atoms with Crippen molar-refractivity contribution in [3.05, 3.63) is 41.6 Å². The molecule has 0 atom stereocenters. The van der Waals surface area contributed by atoms with Crippen LogP contribution in [0.4, 0.5) is 0 Å². The van der Waals surface area contributed by atoms with E-state index in [1.807, 2.05) is 42.2 Å². The van der Waals surface area contributed by atoms with Gasteiger partial charge in [0.15, 0.2) is 0 Å². The summed E-state index contributed by atoms with van der Waals surface area (Å²) in [6.07, 6.45) is 0. The first-order chi connectivity index (χ1) is 11.2. The number of hydrogen-bond donors (Lipinski definition) is 0. The molecule has 1 aliphatic heterocycles. The van der Waals surface area contributed by atoms with Gasteiger partial charge in [-0.25, -0.2) is 0 Å². The van der Waals surface area contributed by atoms with Gasteiger partial charge in [0.05, 0.1) is 12.1 Å². The monoisotopic (exact) mass is 313 g/mol. The number of fused-ring (bicyclic) bond motifs is 1. The molecule has 1 aromatic carbocycles. The second kappa shape index (κ2) is 7.06. The minimum Gasteiger partial charge on any atom is -0.383 e. The maximum atomic E-state index is 12.7. The molecule has 0 N–H and O–H groups in total. The van der Waals surface area contributed by atoms with Crippen LogP contribution in [0.25, 0.3) is 10.9 Å². The fourth-order valence-electron chi connectivity index (χ4n) is 2.94. The van der Waals surface area contributed by atoms with E-state index in [-0.39, 0.29) is 5.91 Å². The van der Waals surface area contributed by atoms with Crippen molar-refractivity contribution >= 4 is 16.8 Å². The van der Waals surface area contributed by atoms with Crippen LogP contribution in [-0.4, -0.2) is 67.1 Å². The number of ether oxygens (including phenoxy) is 1. The average Bonchev–Trinajstić information content (AvgIpc) is 2.59. The molecule has 5 heteroatoms. The van der Waals surface area contributed by atoms with E-state index in [0.717, 1.165) is 61.5 Å². The second-order valence-corrected chi connectivity index (χ2v) is 5.99. The number of nitrogens with zero attached hydrogens (tertiary/aromatic N) is 3. The molecule has 1 aromatic heterocycles. The zero-order valence-corrected chi connectivity index (χ0v) is 13.8. The van der Waals surface area contributed by atoms with Crippen LogP contribution in [-0.2, 0) is 4.74 Å². The van der Waals surface area contributed by atoms with Crippen LogP contribution in [0.2, 0.25) is 0 Å². The number of methoxy groups -OCH3 is 1. The minimum absolute atomic E-state index is 0.110. The summed E-state index contributed by atoms with van der Waals surface area (Å²) in [6.45, 7) is 7.00. The predicted octanol–water partition coefficient (Wildman–Crippen LogP) is 1.95. The highest BCUT2D eigenvalue weighted by molar-refractivity contribution is 5.98. The maximum Gasteiger partial charge on any atom is 0.253 e. The number of piperazine rings is 1. The molecule has 0 spiro atoms. The highest BCUT2D eigenvalue weighted by Crippen LogP contribution is 2.17. The number of hydrogen-bond acceptors (Lipinski definition) is 4. The molecule has 0 saturated carbocycles. The van der Waals surface area contributed by atoms with Crippen molar-refractivity contribution in [3.63, 3.8) is 0 Å². The van der Waals surface area contributed by atoms with Gasteiger partial charge in [0.1, 0.15) is 0 Å². The van der Waals surface area contributed by atoms with Crippen LogP contribution < -0.4 is 0 Å². The van der Waals surface area contributed by atoms with E-state index in [9.17, 15) is 4.79 Å². The van der Waals surface area contributed by atoms with E-state index in [0.29, 0.717) is 0 Å². The number of amides is 1. The Kier molecular flexibility index (Phi) is 4.88. The first kappa shape index (κ1) is 15.9. The second-order valence-electron chi connectivity index (χ2n) is 5.99.